The smallest absolute Gasteiger partial charge is 0.410 e. The zero-order valence-electron chi connectivity index (χ0n) is 19.5. The topological polar surface area (TPSA) is 76.1 Å². The molecule has 5 rings (SSSR count). The van der Waals surface area contributed by atoms with Gasteiger partial charge in [-0.15, -0.1) is 0 Å². The van der Waals surface area contributed by atoms with Crippen LogP contribution in [0.1, 0.15) is 42.4 Å². The zero-order valence-corrected chi connectivity index (χ0v) is 19.5. The number of carbonyl (C=O) groups is 2. The number of aliphatic hydroxyl groups is 1. The van der Waals surface area contributed by atoms with Crippen molar-refractivity contribution in [3.8, 4) is 0 Å². The van der Waals surface area contributed by atoms with Crippen LogP contribution in [-0.2, 0) is 26.5 Å². The van der Waals surface area contributed by atoms with E-state index < -0.39 is 11.6 Å². The Labute approximate surface area is 205 Å². The van der Waals surface area contributed by atoms with Gasteiger partial charge in [0.05, 0.1) is 0 Å². The van der Waals surface area contributed by atoms with Crippen LogP contribution in [0.25, 0.3) is 0 Å². The predicted octanol–water partition coefficient (Wildman–Crippen LogP) is 4.80. The molecule has 3 aromatic rings. The number of fused-ring (bicyclic) bond motifs is 2. The fraction of sp³-hybridized carbons (Fsp3) is 0.310. The van der Waals surface area contributed by atoms with E-state index in [1.54, 1.807) is 48.5 Å². The normalized spacial score (nSPS) is 21.4. The Morgan fingerprint density at radius 2 is 1.29 bits per heavy atom. The highest BCUT2D eigenvalue weighted by atomic mass is 16.6. The van der Waals surface area contributed by atoms with Crippen molar-refractivity contribution in [2.45, 2.75) is 56.1 Å². The monoisotopic (exact) mass is 471 g/mol. The van der Waals surface area contributed by atoms with E-state index in [0.29, 0.717) is 24.0 Å². The van der Waals surface area contributed by atoms with Crippen molar-refractivity contribution < 1.29 is 24.2 Å². The molecule has 2 aliphatic heterocycles. The Balaban J connectivity index is 1.27. The molecule has 2 heterocycles. The summed E-state index contributed by atoms with van der Waals surface area (Å²) in [4.78, 5) is 28.1. The summed E-state index contributed by atoms with van der Waals surface area (Å²) in [5.74, 6) is -0.695. The van der Waals surface area contributed by atoms with Crippen LogP contribution in [0.2, 0.25) is 0 Å². The molecule has 6 nitrogen and oxygen atoms in total. The lowest BCUT2D eigenvalue weighted by atomic mass is 9.86. The second-order valence-electron chi connectivity index (χ2n) is 9.27. The van der Waals surface area contributed by atoms with Crippen molar-refractivity contribution in [1.82, 2.24) is 4.90 Å². The zero-order chi connectivity index (χ0) is 24.3. The third-order valence-electron chi connectivity index (χ3n) is 7.06. The number of amides is 1. The standard InChI is InChI=1S/C29H29NO5/c31-27(29(33,22-12-6-2-7-13-22)23-14-8-3-9-15-23)35-26-18-24-16-17-25(19-26)30(24)28(32)34-20-21-10-4-1-5-11-21/h1-15,24-26,33H,16-20H2/t24-,25+,26?. The highest BCUT2D eigenvalue weighted by Gasteiger charge is 2.48. The SMILES string of the molecule is O=C(OCc1ccccc1)N1[C@@H]2CC[C@H]1CC(OC(=O)C(O)(c1ccccc1)c1ccccc1)C2. The number of ether oxygens (including phenoxy) is 2. The minimum absolute atomic E-state index is 0.0450. The number of hydrogen-bond acceptors (Lipinski definition) is 5. The summed E-state index contributed by atoms with van der Waals surface area (Å²) >= 11 is 0. The number of esters is 1. The first-order valence-corrected chi connectivity index (χ1v) is 12.1. The van der Waals surface area contributed by atoms with Crippen LogP contribution in [-0.4, -0.2) is 40.3 Å². The van der Waals surface area contributed by atoms with E-state index in [1.165, 1.54) is 0 Å². The number of nitrogens with zero attached hydrogens (tertiary/aromatic N) is 1. The van der Waals surface area contributed by atoms with Crippen molar-refractivity contribution in [3.05, 3.63) is 108 Å². The maximum Gasteiger partial charge on any atom is 0.410 e. The molecule has 0 saturated carbocycles. The van der Waals surface area contributed by atoms with Gasteiger partial charge in [0, 0.05) is 24.9 Å². The van der Waals surface area contributed by atoms with E-state index in [1.807, 2.05) is 47.4 Å². The van der Waals surface area contributed by atoms with Crippen molar-refractivity contribution >= 4 is 12.1 Å². The minimum atomic E-state index is -1.91. The maximum atomic E-state index is 13.5. The molecule has 2 fully saturated rings. The summed E-state index contributed by atoms with van der Waals surface area (Å²) < 4.78 is 11.5. The van der Waals surface area contributed by atoms with Crippen LogP contribution >= 0.6 is 0 Å². The Bertz CT molecular complexity index is 1100. The van der Waals surface area contributed by atoms with Gasteiger partial charge in [0.2, 0.25) is 5.60 Å². The van der Waals surface area contributed by atoms with Crippen molar-refractivity contribution in [3.63, 3.8) is 0 Å². The molecule has 1 amide bonds. The minimum Gasteiger partial charge on any atom is -0.460 e. The number of piperidine rings is 1. The lowest BCUT2D eigenvalue weighted by Gasteiger charge is -2.39. The number of benzene rings is 3. The first-order valence-electron chi connectivity index (χ1n) is 12.1. The van der Waals surface area contributed by atoms with Gasteiger partial charge in [-0.2, -0.15) is 0 Å². The molecule has 0 radical (unpaired) electrons. The first-order chi connectivity index (χ1) is 17.1. The summed E-state index contributed by atoms with van der Waals surface area (Å²) in [6, 6.07) is 27.2. The van der Waals surface area contributed by atoms with E-state index >= 15 is 0 Å². The van der Waals surface area contributed by atoms with Crippen molar-refractivity contribution in [2.75, 3.05) is 0 Å². The molecule has 3 atom stereocenters. The summed E-state index contributed by atoms with van der Waals surface area (Å²) in [5.41, 5.74) is -0.0480. The Morgan fingerprint density at radius 3 is 1.80 bits per heavy atom. The molecule has 2 bridgehead atoms. The number of carbonyl (C=O) groups excluding carboxylic acids is 2. The van der Waals surface area contributed by atoms with E-state index in [0.717, 1.165) is 18.4 Å². The van der Waals surface area contributed by atoms with Crippen LogP contribution in [0.5, 0.6) is 0 Å². The molecule has 2 saturated heterocycles. The second kappa shape index (κ2) is 9.92. The Hall–Kier alpha value is -3.64. The van der Waals surface area contributed by atoms with Crippen LogP contribution in [0.3, 0.4) is 0 Å². The third-order valence-corrected chi connectivity index (χ3v) is 7.06. The lowest BCUT2D eigenvalue weighted by Crippen LogP contribution is -2.50. The van der Waals surface area contributed by atoms with Gasteiger partial charge in [-0.3, -0.25) is 0 Å². The second-order valence-corrected chi connectivity index (χ2v) is 9.27. The van der Waals surface area contributed by atoms with E-state index in [2.05, 4.69) is 0 Å². The predicted molar refractivity (Wildman–Crippen MR) is 130 cm³/mol. The first kappa shape index (κ1) is 23.1. The highest BCUT2D eigenvalue weighted by molar-refractivity contribution is 5.85. The summed E-state index contributed by atoms with van der Waals surface area (Å²) in [6.07, 6.45) is 2.06. The molecule has 180 valence electrons. The average molecular weight is 472 g/mol. The van der Waals surface area contributed by atoms with Crippen LogP contribution < -0.4 is 0 Å². The molecular weight excluding hydrogens is 442 g/mol. The summed E-state index contributed by atoms with van der Waals surface area (Å²) in [7, 11) is 0. The maximum absolute atomic E-state index is 13.5. The van der Waals surface area contributed by atoms with Crippen molar-refractivity contribution in [2.24, 2.45) is 0 Å². The Morgan fingerprint density at radius 1 is 0.800 bits per heavy atom. The van der Waals surface area contributed by atoms with Gasteiger partial charge in [0.15, 0.2) is 0 Å². The van der Waals surface area contributed by atoms with Gasteiger partial charge < -0.3 is 19.5 Å². The van der Waals surface area contributed by atoms with Gasteiger partial charge >= 0.3 is 12.1 Å². The summed E-state index contributed by atoms with van der Waals surface area (Å²) in [5, 5.41) is 11.7. The molecule has 2 aliphatic rings. The number of rotatable bonds is 6. The third kappa shape index (κ3) is 4.66. The van der Waals surface area contributed by atoms with Crippen LogP contribution in [0.15, 0.2) is 91.0 Å². The molecule has 1 unspecified atom stereocenters. The van der Waals surface area contributed by atoms with Crippen LogP contribution in [0.4, 0.5) is 4.79 Å². The highest BCUT2D eigenvalue weighted by Crippen LogP contribution is 2.39. The molecule has 1 N–H and O–H groups in total. The Kier molecular flexibility index (Phi) is 6.55. The molecule has 35 heavy (non-hydrogen) atoms. The molecule has 0 aromatic heterocycles. The molecular formula is C29H29NO5. The fourth-order valence-electron chi connectivity index (χ4n) is 5.31. The molecule has 0 aliphatic carbocycles. The van der Waals surface area contributed by atoms with Gasteiger partial charge in [0.25, 0.3) is 0 Å². The fourth-order valence-corrected chi connectivity index (χ4v) is 5.31. The van der Waals surface area contributed by atoms with Crippen molar-refractivity contribution in [1.29, 1.82) is 0 Å². The number of hydrogen-bond donors (Lipinski definition) is 1. The summed E-state index contributed by atoms with van der Waals surface area (Å²) in [6.45, 7) is 0.231. The lowest BCUT2D eigenvalue weighted by molar-refractivity contribution is -0.171. The quantitative estimate of drug-likeness (QED) is 0.523. The largest absolute Gasteiger partial charge is 0.460 e. The van der Waals surface area contributed by atoms with Gasteiger partial charge in [-0.1, -0.05) is 91.0 Å². The average Bonchev–Trinajstić information content (AvgIpc) is 3.18. The van der Waals surface area contributed by atoms with E-state index in [4.69, 9.17) is 9.47 Å². The van der Waals surface area contributed by atoms with Gasteiger partial charge in [-0.05, 0) is 29.5 Å². The van der Waals surface area contributed by atoms with E-state index in [-0.39, 0.29) is 30.9 Å². The van der Waals surface area contributed by atoms with Crippen LogP contribution in [0, 0.1) is 0 Å². The van der Waals surface area contributed by atoms with Gasteiger partial charge in [0.1, 0.15) is 12.7 Å². The molecule has 6 heteroatoms. The van der Waals surface area contributed by atoms with Gasteiger partial charge in [-0.25, -0.2) is 9.59 Å². The molecule has 0 spiro atoms. The molecule has 3 aromatic carbocycles. The van der Waals surface area contributed by atoms with E-state index in [9.17, 15) is 14.7 Å².